The summed E-state index contributed by atoms with van der Waals surface area (Å²) in [5.74, 6) is -1.75. The summed E-state index contributed by atoms with van der Waals surface area (Å²) in [6, 6.07) is 13.8. The van der Waals surface area contributed by atoms with E-state index in [0.29, 0.717) is 0 Å². The van der Waals surface area contributed by atoms with Gasteiger partial charge in [-0.3, -0.25) is 19.8 Å². The number of carboxylic acids is 1. The Morgan fingerprint density at radius 2 is 1.86 bits per heavy atom. The highest BCUT2D eigenvalue weighted by atomic mass is 32.2. The number of para-hydroxylation sites is 1. The lowest BCUT2D eigenvalue weighted by molar-refractivity contribution is -0.385. The Balaban J connectivity index is 1.92. The number of thioether (sulfide) groups is 1. The zero-order valence-corrected chi connectivity index (χ0v) is 16.0. The van der Waals surface area contributed by atoms with Crippen LogP contribution in [0, 0.1) is 10.1 Å². The lowest BCUT2D eigenvalue weighted by atomic mass is 10.0. The molecule has 0 spiro atoms. The smallest absolute Gasteiger partial charge is 0.327 e. The van der Waals surface area contributed by atoms with Crippen molar-refractivity contribution in [2.75, 3.05) is 0 Å². The van der Waals surface area contributed by atoms with Crippen molar-refractivity contribution in [2.24, 2.45) is 0 Å². The number of carboxylic acid groups (broad SMARTS) is 1. The molecule has 1 unspecified atom stereocenters. The molecule has 28 heavy (non-hydrogen) atoms. The first-order chi connectivity index (χ1) is 13.4. The van der Waals surface area contributed by atoms with Crippen molar-refractivity contribution in [2.45, 2.75) is 12.5 Å². The number of hydrogen-bond donors (Lipinski definition) is 1. The molecule has 1 N–H and O–H groups in total. The Morgan fingerprint density at radius 3 is 2.50 bits per heavy atom. The predicted octanol–water partition coefficient (Wildman–Crippen LogP) is 3.49. The van der Waals surface area contributed by atoms with E-state index in [1.54, 1.807) is 30.3 Å². The Kier molecular flexibility index (Phi) is 5.86. The molecule has 1 atom stereocenters. The third kappa shape index (κ3) is 4.10. The number of hydrogen-bond acceptors (Lipinski definition) is 6. The second kappa shape index (κ2) is 8.32. The number of benzene rings is 2. The van der Waals surface area contributed by atoms with Crippen LogP contribution in [0.25, 0.3) is 6.08 Å². The van der Waals surface area contributed by atoms with Gasteiger partial charge in [0, 0.05) is 12.5 Å². The van der Waals surface area contributed by atoms with Gasteiger partial charge in [-0.05, 0) is 17.7 Å². The molecule has 0 aromatic heterocycles. The fourth-order valence-corrected chi connectivity index (χ4v) is 4.14. The number of carbonyl (C=O) groups excluding carboxylic acids is 1. The van der Waals surface area contributed by atoms with Crippen LogP contribution in [0.3, 0.4) is 0 Å². The number of nitrogens with zero attached hydrogens (tertiary/aromatic N) is 2. The van der Waals surface area contributed by atoms with Crippen LogP contribution < -0.4 is 0 Å². The molecule has 0 aliphatic carbocycles. The highest BCUT2D eigenvalue weighted by Gasteiger charge is 2.40. The standard InChI is InChI=1S/C19H14N2O5S2/c22-17-16(11-13-8-4-5-9-14(13)21(25)26)28-19(27)20(17)15(18(23)24)10-12-6-2-1-3-7-12/h1-9,11,15H,10H2,(H,23,24)/b16-11+. The molecule has 0 bridgehead atoms. The Bertz CT molecular complexity index is 991. The molecule has 1 heterocycles. The summed E-state index contributed by atoms with van der Waals surface area (Å²) < 4.78 is 0.109. The Morgan fingerprint density at radius 1 is 1.21 bits per heavy atom. The molecule has 3 rings (SSSR count). The number of rotatable bonds is 6. The zero-order chi connectivity index (χ0) is 20.3. The Labute approximate surface area is 169 Å². The van der Waals surface area contributed by atoms with Crippen molar-refractivity contribution in [3.8, 4) is 0 Å². The fraction of sp³-hybridized carbons (Fsp3) is 0.105. The highest BCUT2D eigenvalue weighted by molar-refractivity contribution is 8.26. The minimum Gasteiger partial charge on any atom is -0.480 e. The molecular weight excluding hydrogens is 400 g/mol. The summed E-state index contributed by atoms with van der Waals surface area (Å²) in [5.41, 5.74) is 0.862. The minimum absolute atomic E-state index is 0.0986. The fourth-order valence-electron chi connectivity index (χ4n) is 2.79. The van der Waals surface area contributed by atoms with Gasteiger partial charge in [0.25, 0.3) is 11.6 Å². The van der Waals surface area contributed by atoms with E-state index in [4.69, 9.17) is 12.2 Å². The number of aliphatic carboxylic acids is 1. The summed E-state index contributed by atoms with van der Waals surface area (Å²) >= 11 is 6.17. The van der Waals surface area contributed by atoms with Gasteiger partial charge in [0.05, 0.1) is 15.4 Å². The molecule has 0 radical (unpaired) electrons. The van der Waals surface area contributed by atoms with E-state index >= 15 is 0 Å². The first-order valence-electron chi connectivity index (χ1n) is 8.15. The summed E-state index contributed by atoms with van der Waals surface area (Å²) in [4.78, 5) is 36.5. The lowest BCUT2D eigenvalue weighted by Gasteiger charge is -2.23. The summed E-state index contributed by atoms with van der Waals surface area (Å²) in [6.45, 7) is 0. The SMILES string of the molecule is O=C(O)C(Cc1ccccc1)N1C(=O)/C(=C\c2ccccc2[N+](=O)[O-])SC1=S. The number of nitro groups is 1. The first kappa shape index (κ1) is 19.7. The molecule has 1 aliphatic rings. The third-order valence-corrected chi connectivity index (χ3v) is 5.44. The number of carbonyl (C=O) groups is 2. The van der Waals surface area contributed by atoms with Gasteiger partial charge in [-0.15, -0.1) is 0 Å². The molecule has 2 aromatic rings. The molecule has 2 aromatic carbocycles. The van der Waals surface area contributed by atoms with Crippen LogP contribution in [0.5, 0.6) is 0 Å². The normalized spacial score (nSPS) is 16.4. The molecule has 7 nitrogen and oxygen atoms in total. The highest BCUT2D eigenvalue weighted by Crippen LogP contribution is 2.36. The molecule has 1 aliphatic heterocycles. The second-order valence-electron chi connectivity index (χ2n) is 5.91. The molecule has 1 fully saturated rings. The topological polar surface area (TPSA) is 101 Å². The monoisotopic (exact) mass is 414 g/mol. The van der Waals surface area contributed by atoms with Gasteiger partial charge in [0.15, 0.2) is 0 Å². The maximum absolute atomic E-state index is 12.9. The van der Waals surface area contributed by atoms with Crippen LogP contribution in [0.2, 0.25) is 0 Å². The van der Waals surface area contributed by atoms with Crippen molar-refractivity contribution in [3.63, 3.8) is 0 Å². The summed E-state index contributed by atoms with van der Waals surface area (Å²) in [6.07, 6.45) is 1.47. The van der Waals surface area contributed by atoms with Gasteiger partial charge in [0.2, 0.25) is 0 Å². The quantitative estimate of drug-likeness (QED) is 0.334. The summed E-state index contributed by atoms with van der Waals surface area (Å²) in [7, 11) is 0. The molecule has 0 saturated carbocycles. The van der Waals surface area contributed by atoms with Crippen molar-refractivity contribution < 1.29 is 19.6 Å². The second-order valence-corrected chi connectivity index (χ2v) is 7.59. The van der Waals surface area contributed by atoms with Crippen LogP contribution >= 0.6 is 24.0 Å². The Hall–Kier alpha value is -3.04. The average Bonchev–Trinajstić information content (AvgIpc) is 2.94. The maximum Gasteiger partial charge on any atom is 0.327 e. The van der Waals surface area contributed by atoms with E-state index in [1.807, 2.05) is 6.07 Å². The van der Waals surface area contributed by atoms with Gasteiger partial charge in [-0.25, -0.2) is 4.79 Å². The van der Waals surface area contributed by atoms with Gasteiger partial charge in [-0.1, -0.05) is 66.4 Å². The van der Waals surface area contributed by atoms with Crippen molar-refractivity contribution >= 4 is 51.9 Å². The number of amides is 1. The molecular formula is C19H14N2O5S2. The predicted molar refractivity (Wildman–Crippen MR) is 110 cm³/mol. The van der Waals surface area contributed by atoms with Gasteiger partial charge >= 0.3 is 5.97 Å². The summed E-state index contributed by atoms with van der Waals surface area (Å²) in [5, 5.41) is 20.8. The maximum atomic E-state index is 12.9. The van der Waals surface area contributed by atoms with Crippen molar-refractivity contribution in [1.29, 1.82) is 0 Å². The van der Waals surface area contributed by atoms with E-state index in [-0.39, 0.29) is 26.9 Å². The minimum atomic E-state index is -1.17. The largest absolute Gasteiger partial charge is 0.480 e. The van der Waals surface area contributed by atoms with Crippen LogP contribution in [-0.2, 0) is 16.0 Å². The van der Waals surface area contributed by atoms with E-state index in [9.17, 15) is 24.8 Å². The molecule has 1 amide bonds. The van der Waals surface area contributed by atoms with Crippen molar-refractivity contribution in [3.05, 3.63) is 80.7 Å². The van der Waals surface area contributed by atoms with Crippen LogP contribution in [0.1, 0.15) is 11.1 Å². The number of nitro benzene ring substituents is 1. The third-order valence-electron chi connectivity index (χ3n) is 4.11. The first-order valence-corrected chi connectivity index (χ1v) is 9.38. The molecule has 142 valence electrons. The van der Waals surface area contributed by atoms with Crippen molar-refractivity contribution in [1.82, 2.24) is 4.90 Å². The molecule has 9 heteroatoms. The van der Waals surface area contributed by atoms with Crippen LogP contribution in [0.4, 0.5) is 5.69 Å². The van der Waals surface area contributed by atoms with Gasteiger partial charge in [0.1, 0.15) is 10.4 Å². The van der Waals surface area contributed by atoms with Crippen LogP contribution in [0.15, 0.2) is 59.5 Å². The van der Waals surface area contributed by atoms with E-state index in [2.05, 4.69) is 0 Å². The van der Waals surface area contributed by atoms with Gasteiger partial charge in [-0.2, -0.15) is 0 Å². The average molecular weight is 414 g/mol. The number of thiocarbonyl (C=S) groups is 1. The van der Waals surface area contributed by atoms with E-state index in [0.717, 1.165) is 22.2 Å². The van der Waals surface area contributed by atoms with E-state index in [1.165, 1.54) is 24.3 Å². The van der Waals surface area contributed by atoms with Crippen LogP contribution in [-0.4, -0.2) is 37.2 Å². The molecule has 1 saturated heterocycles. The lowest BCUT2D eigenvalue weighted by Crippen LogP contribution is -2.45. The zero-order valence-electron chi connectivity index (χ0n) is 14.3. The van der Waals surface area contributed by atoms with E-state index < -0.39 is 22.8 Å². The van der Waals surface area contributed by atoms with Gasteiger partial charge < -0.3 is 5.11 Å².